The van der Waals surface area contributed by atoms with Crippen molar-refractivity contribution in [3.63, 3.8) is 0 Å². The Morgan fingerprint density at radius 2 is 1.08 bits per heavy atom. The van der Waals surface area contributed by atoms with Gasteiger partial charge in [-0.15, -0.1) is 0 Å². The number of aromatic amines is 1. The van der Waals surface area contributed by atoms with Crippen molar-refractivity contribution in [3.05, 3.63) is 18.2 Å². The van der Waals surface area contributed by atoms with Gasteiger partial charge in [-0.1, -0.05) is 160 Å². The van der Waals surface area contributed by atoms with Crippen LogP contribution < -0.4 is 59.3 Å². The summed E-state index contributed by atoms with van der Waals surface area (Å²) in [6.45, 7) is 4.45. The number of carboxylic acids is 2. The first-order valence-corrected chi connectivity index (χ1v) is 41.3. The number of amides is 6. The van der Waals surface area contributed by atoms with E-state index in [4.69, 9.17) is 36.5 Å². The van der Waals surface area contributed by atoms with Crippen LogP contribution in [0.4, 0.5) is 0 Å². The molecule has 622 valence electrons. The summed E-state index contributed by atoms with van der Waals surface area (Å²) >= 11 is -1.56. The minimum Gasteiger partial charge on any atom is -0.617 e. The molecule has 1 heterocycles. The number of esters is 2. The maximum absolute atomic E-state index is 14.7. The molecule has 0 spiro atoms. The number of carbonyl (C=O) groups excluding carboxylic acids is 8. The molecule has 1 aromatic heterocycles. The summed E-state index contributed by atoms with van der Waals surface area (Å²) in [4.78, 5) is 142. The van der Waals surface area contributed by atoms with Crippen molar-refractivity contribution >= 4 is 82.4 Å². The number of guanidine groups is 2. The van der Waals surface area contributed by atoms with Crippen molar-refractivity contribution in [2.45, 2.75) is 337 Å². The van der Waals surface area contributed by atoms with E-state index >= 15 is 0 Å². The molecule has 3 fully saturated rings. The third-order valence-corrected chi connectivity index (χ3v) is 20.9. The van der Waals surface area contributed by atoms with E-state index in [1.165, 1.54) is 116 Å². The number of carbonyl (C=O) groups is 10. The molecule has 35 heteroatoms. The fourth-order valence-corrected chi connectivity index (χ4v) is 14.1. The monoisotopic (exact) mass is 1570 g/mol. The Hall–Kier alpha value is -7.44. The SMILES string of the molecule is CCCCCCCCCCCCCCCC(=O)OCC(COC12CCC(NC(C)C(=O)NC(Cc3cnc[nH]3)C(=O)NC(CCCNC(=N)N)C(=O)NC(CCC(=O)O)C(=O)NC(NC(=N)N)C(=O)NC(CC[S+](C)[O-])C(=O)NC(CO)C(=O)O)(CC1)C(O)CCCC2O)OC(=O)CCCCCCCCCCCC. The molecule has 11 unspecified atom stereocenters. The Morgan fingerprint density at radius 3 is 1.59 bits per heavy atom. The van der Waals surface area contributed by atoms with Gasteiger partial charge in [0.2, 0.25) is 29.5 Å². The molecule has 2 bridgehead atoms. The summed E-state index contributed by atoms with van der Waals surface area (Å²) in [7, 11) is 0. The average Bonchev–Trinajstić information content (AvgIpc) is 1.75. The number of unbranched alkanes of at least 4 members (excludes halogenated alkanes) is 21. The number of aliphatic carboxylic acids is 2. The summed E-state index contributed by atoms with van der Waals surface area (Å²) < 4.78 is 30.5. The number of hydrogen-bond acceptors (Lipinski definition) is 21. The van der Waals surface area contributed by atoms with Crippen LogP contribution in [0.2, 0.25) is 0 Å². The number of nitrogens with zero attached hydrogens (tertiary/aromatic N) is 1. The third-order valence-electron chi connectivity index (χ3n) is 20.1. The Balaban J connectivity index is 1.84. The van der Waals surface area contributed by atoms with Crippen molar-refractivity contribution < 1.29 is 92.2 Å². The second-order valence-corrected chi connectivity index (χ2v) is 30.7. The summed E-state index contributed by atoms with van der Waals surface area (Å²) in [5.41, 5.74) is 9.10. The lowest BCUT2D eigenvalue weighted by Gasteiger charge is -2.50. The first-order chi connectivity index (χ1) is 52.1. The number of hydrogen-bond donors (Lipinski definition) is 19. The van der Waals surface area contributed by atoms with Gasteiger partial charge in [-0.3, -0.25) is 59.3 Å². The summed E-state index contributed by atoms with van der Waals surface area (Å²) in [5.74, 6) is -11.9. The number of carboxylic acid groups (broad SMARTS) is 2. The second kappa shape index (κ2) is 54.2. The van der Waals surface area contributed by atoms with Gasteiger partial charge in [0.05, 0.1) is 49.6 Å². The molecule has 109 heavy (non-hydrogen) atoms. The molecule has 4 rings (SSSR count). The molecule has 3 aliphatic rings. The zero-order valence-electron chi connectivity index (χ0n) is 64.8. The number of fused-ring (bicyclic) bond motifs is 6. The van der Waals surface area contributed by atoms with Crippen molar-refractivity contribution in [2.24, 2.45) is 11.5 Å². The highest BCUT2D eigenvalue weighted by Crippen LogP contribution is 2.45. The number of H-pyrrole nitrogens is 1. The molecule has 0 saturated heterocycles. The van der Waals surface area contributed by atoms with Crippen molar-refractivity contribution in [3.8, 4) is 0 Å². The largest absolute Gasteiger partial charge is 0.617 e. The van der Waals surface area contributed by atoms with Crippen LogP contribution in [0.1, 0.15) is 264 Å². The van der Waals surface area contributed by atoms with Gasteiger partial charge in [-0.05, 0) is 84.0 Å². The quantitative estimate of drug-likeness (QED) is 0.0111. The number of imidazole rings is 1. The lowest BCUT2D eigenvalue weighted by Crippen LogP contribution is -2.65. The molecular weight excluding hydrogens is 1430 g/mol. The first kappa shape index (κ1) is 95.8. The molecular formula is C74H131N15O19S. The summed E-state index contributed by atoms with van der Waals surface area (Å²) in [6.07, 6.45) is 24.6. The number of ether oxygens (including phenoxy) is 3. The molecule has 11 atom stereocenters. The number of rotatable bonds is 60. The Labute approximate surface area is 645 Å². The zero-order valence-corrected chi connectivity index (χ0v) is 65.6. The maximum Gasteiger partial charge on any atom is 0.328 e. The Kier molecular flexibility index (Phi) is 47.7. The molecule has 6 amide bonds. The smallest absolute Gasteiger partial charge is 0.328 e. The predicted octanol–water partition coefficient (Wildman–Crippen LogP) is 3.47. The Morgan fingerprint density at radius 1 is 0.596 bits per heavy atom. The molecule has 1 aromatic rings. The van der Waals surface area contributed by atoms with Crippen LogP contribution in [0.15, 0.2) is 12.5 Å². The molecule has 34 nitrogen and oxygen atoms in total. The second-order valence-electron chi connectivity index (χ2n) is 29.2. The van der Waals surface area contributed by atoms with Gasteiger partial charge in [0.25, 0.3) is 5.91 Å². The van der Waals surface area contributed by atoms with E-state index in [2.05, 4.69) is 66.3 Å². The van der Waals surface area contributed by atoms with Crippen LogP contribution in [-0.2, 0) is 79.8 Å². The van der Waals surface area contributed by atoms with Gasteiger partial charge in [0, 0.05) is 56.1 Å². The zero-order chi connectivity index (χ0) is 80.6. The number of aliphatic hydroxyl groups is 3. The van der Waals surface area contributed by atoms with E-state index in [-0.39, 0.29) is 103 Å². The van der Waals surface area contributed by atoms with Gasteiger partial charge in [0.15, 0.2) is 24.2 Å². The van der Waals surface area contributed by atoms with Crippen LogP contribution in [-0.4, -0.2) is 222 Å². The lowest BCUT2D eigenvalue weighted by molar-refractivity contribution is -0.188. The van der Waals surface area contributed by atoms with Gasteiger partial charge in [0.1, 0.15) is 42.6 Å². The van der Waals surface area contributed by atoms with Gasteiger partial charge >= 0.3 is 23.9 Å². The van der Waals surface area contributed by atoms with Gasteiger partial charge in [-0.2, -0.15) is 0 Å². The lowest BCUT2D eigenvalue weighted by atomic mass is 9.69. The van der Waals surface area contributed by atoms with Crippen LogP contribution >= 0.6 is 0 Å². The molecule has 3 aliphatic carbocycles. The van der Waals surface area contributed by atoms with E-state index in [0.717, 1.165) is 44.9 Å². The van der Waals surface area contributed by atoms with Gasteiger partial charge in [-0.25, -0.2) is 9.78 Å². The Bertz CT molecular complexity index is 2890. The van der Waals surface area contributed by atoms with E-state index in [9.17, 15) is 78.0 Å². The number of nitrogens with one attached hydrogen (secondary N) is 12. The number of nitrogens with two attached hydrogens (primary N) is 2. The van der Waals surface area contributed by atoms with E-state index in [1.54, 1.807) is 0 Å². The molecule has 0 aromatic carbocycles. The molecule has 0 radical (unpaired) electrons. The minimum absolute atomic E-state index is 0.0148. The van der Waals surface area contributed by atoms with E-state index < -0.39 is 174 Å². The van der Waals surface area contributed by atoms with Crippen molar-refractivity contribution in [2.75, 3.05) is 38.4 Å². The fourth-order valence-electron chi connectivity index (χ4n) is 13.6. The normalized spacial score (nSPS) is 19.4. The van der Waals surface area contributed by atoms with Crippen LogP contribution in [0.3, 0.4) is 0 Å². The van der Waals surface area contributed by atoms with Crippen molar-refractivity contribution in [1.82, 2.24) is 57.8 Å². The topological polar surface area (TPSA) is 559 Å². The first-order valence-electron chi connectivity index (χ1n) is 39.5. The highest BCUT2D eigenvalue weighted by atomic mass is 32.2. The highest BCUT2D eigenvalue weighted by molar-refractivity contribution is 7.90. The number of aliphatic hydroxyl groups excluding tert-OH is 3. The van der Waals surface area contributed by atoms with Gasteiger partial charge < -0.3 is 103 Å². The molecule has 21 N–H and O–H groups in total. The minimum atomic E-state index is -2.06. The fraction of sp³-hybridized carbons (Fsp3) is 0.797. The summed E-state index contributed by atoms with van der Waals surface area (Å²) in [6, 6.07) is -9.52. The van der Waals surface area contributed by atoms with Crippen molar-refractivity contribution in [1.29, 1.82) is 10.8 Å². The molecule has 0 aliphatic heterocycles. The van der Waals surface area contributed by atoms with Crippen LogP contribution in [0.5, 0.6) is 0 Å². The highest BCUT2D eigenvalue weighted by Gasteiger charge is 2.52. The third kappa shape index (κ3) is 39.3. The maximum atomic E-state index is 14.7. The van der Waals surface area contributed by atoms with Crippen LogP contribution in [0, 0.1) is 10.8 Å². The average molecular weight is 1570 g/mol. The predicted molar refractivity (Wildman–Crippen MR) is 409 cm³/mol. The van der Waals surface area contributed by atoms with E-state index in [1.807, 2.05) is 5.32 Å². The number of aromatic nitrogens is 2. The van der Waals surface area contributed by atoms with E-state index in [0.29, 0.717) is 25.0 Å². The van der Waals surface area contributed by atoms with Crippen LogP contribution in [0.25, 0.3) is 0 Å². The molecule has 3 saturated carbocycles. The standard InChI is InChI=1S/C74H131N15O19S/c1-5-7-9-11-13-15-17-18-19-21-22-24-26-33-61(95)106-47-52(108-62(96)34-27-25-23-20-16-14-12-10-8-6-2)48-107-74-40-38-73(39-41-74,58(91)31-28-32-59(74)92)89-50(3)64(97)85-56(44-51-45-79-49-81-51)68(101)82-53(30-29-42-80-71(75)76)65(98)83-54(35-36-60(93)94)67(100)87-63(88-72(77)78)69(102)84-55(37-43-109(4)105)66(99)86-57(46-90)70(103)104/h45,49-50,52-59,63,89-92H,5-44,46-48H2,1-4H3,(H,79,81)(H,82,101)(H,83,98)(H,84,102)(H,85,97)(H,86,99)(H,87,100)(H,93,94)(H,103,104)(H4,75,76,80)(H4,77,78,88). The summed E-state index contributed by atoms with van der Waals surface area (Å²) in [5, 5.41) is 90.7.